The van der Waals surface area contributed by atoms with Crippen molar-refractivity contribution in [3.8, 4) is 5.75 Å². The third-order valence-electron chi connectivity index (χ3n) is 20.1. The van der Waals surface area contributed by atoms with E-state index < -0.39 is 242 Å². The van der Waals surface area contributed by atoms with Crippen LogP contribution in [0.1, 0.15) is 107 Å². The van der Waals surface area contributed by atoms with Gasteiger partial charge in [0, 0.05) is 111 Å². The number of carbonyl (C=O) groups is 19. The number of hydrogen-bond donors (Lipinski definition) is 27. The largest absolute Gasteiger partial charge is 0.508 e. The summed E-state index contributed by atoms with van der Waals surface area (Å²) >= 11 is 8.46. The van der Waals surface area contributed by atoms with Gasteiger partial charge >= 0.3 is 6.03 Å². The molecule has 20 amide bonds. The van der Waals surface area contributed by atoms with Crippen LogP contribution in [0, 0.1) is 0 Å². The van der Waals surface area contributed by atoms with Crippen LogP contribution in [0.2, 0.25) is 0 Å². The standard InChI is InChI=1S/C83H113N23O21S2/c1-43(107)70(106-75(119)57(26-28-66(86)111)99-80(124)63(41-128)95-44(2)108)82(126)104-61(36-48-39-93-53-18-9-7-16-51(48)53)78(122)98-56(25-27-65(85)110)74(118)105-64(42-129)81(125)101-59(34-46-21-23-49(109)24-22-46)76(120)102-60(35-47-38-92-52-17-8-6-15-50(47)52)77(121)97-55(20-12-31-91-83(89)127)73(117)103-62(37-67(87)112)79(123)100-58(33-45-13-4-3-5-14-45)72(116)94-40-69(114)90-32-29-68(113)96-54(71(88)115)19-10-11-30-84/h3-9,13-18,21-24,38-39,43,54-64,70,92-93,107,109,128-129H,10-12,19-20,25-37,40-42,84H2,1-2H3,(H2,85,110)(H2,86,111)(H2,87,112)(H2,88,115)(H,90,114)(H,94,116)(H,95,108)(H,96,113)(H,97,121)(H,98,122)(H,99,124)(H,100,123)(H,101,125)(H,102,120)(H,103,117)(H,104,126)(H,105,118)(H,106,119)(H3,89,91,127)/t43-,54-,55+,56+,57+,58+,59+,60+,61+,62-,63+,64+,70+/m1/s1. The molecule has 6 rings (SSSR count). The average Bonchev–Trinajstić information content (AvgIpc) is 1.73. The Morgan fingerprint density at radius 1 is 0.380 bits per heavy atom. The van der Waals surface area contributed by atoms with Crippen LogP contribution in [0.15, 0.2) is 116 Å². The molecule has 13 atom stereocenters. The van der Waals surface area contributed by atoms with Crippen molar-refractivity contribution in [3.63, 3.8) is 0 Å². The highest BCUT2D eigenvalue weighted by Crippen LogP contribution is 2.23. The van der Waals surface area contributed by atoms with Crippen molar-refractivity contribution < 1.29 is 101 Å². The zero-order valence-corrected chi connectivity index (χ0v) is 72.6. The highest BCUT2D eigenvalue weighted by atomic mass is 32.1. The molecule has 44 nitrogen and oxygen atoms in total. The van der Waals surface area contributed by atoms with Gasteiger partial charge in [-0.25, -0.2) is 4.79 Å². The van der Waals surface area contributed by atoms with Gasteiger partial charge in [0.15, 0.2) is 0 Å². The van der Waals surface area contributed by atoms with E-state index in [1.54, 1.807) is 78.9 Å². The zero-order chi connectivity index (χ0) is 95.0. The SMILES string of the molecule is CC(=O)N[C@@H](CS)C(=O)N[C@@H](CCC(N)=O)C(=O)N[C@H](C(=O)N[C@@H](Cc1c[nH]c2ccccc12)C(=O)N[C@@H](CCC(N)=O)C(=O)N[C@@H](CS)C(=O)N[C@@H](Cc1ccc(O)cc1)C(=O)N[C@@H](Cc1c[nH]c2ccccc12)C(=O)N[C@@H](CCCNC(N)=O)C(=O)N[C@H](CC(N)=O)C(=O)N[C@@H](Cc1ccccc1)C(=O)NCC(=O)NCCC(=O)N[C@H](CCCCN)C(N)=O)[C@@H](C)O. The minimum Gasteiger partial charge on any atom is -0.508 e. The van der Waals surface area contributed by atoms with Crippen molar-refractivity contribution in [1.82, 2.24) is 89.7 Å². The first-order valence-electron chi connectivity index (χ1n) is 41.2. The monoisotopic (exact) mass is 1830 g/mol. The fourth-order valence-electron chi connectivity index (χ4n) is 13.3. The summed E-state index contributed by atoms with van der Waals surface area (Å²) in [6.45, 7) is 1.46. The van der Waals surface area contributed by atoms with Crippen LogP contribution in [-0.2, 0) is 112 Å². The molecule has 46 heteroatoms. The normalized spacial score (nSPS) is 14.1. The van der Waals surface area contributed by atoms with E-state index in [0.717, 1.165) is 13.8 Å². The Balaban J connectivity index is 1.28. The van der Waals surface area contributed by atoms with Crippen molar-refractivity contribution in [3.05, 3.63) is 138 Å². The lowest BCUT2D eigenvalue weighted by atomic mass is 10.0. The number of aromatic hydroxyl groups is 1. The third kappa shape index (κ3) is 35.5. The topological polar surface area (TPSA) is 733 Å². The van der Waals surface area contributed by atoms with Crippen molar-refractivity contribution in [2.75, 3.05) is 37.7 Å². The average molecular weight is 1830 g/mol. The van der Waals surface area contributed by atoms with Crippen LogP contribution in [-0.4, -0.2) is 249 Å². The van der Waals surface area contributed by atoms with Crippen LogP contribution in [0.4, 0.5) is 4.79 Å². The molecule has 2 aromatic heterocycles. The number of rotatable bonds is 56. The van der Waals surface area contributed by atoms with Gasteiger partial charge in [-0.05, 0) is 105 Å². The van der Waals surface area contributed by atoms with Crippen LogP contribution in [0.25, 0.3) is 21.8 Å². The predicted octanol–water partition coefficient (Wildman–Crippen LogP) is -6.20. The molecule has 698 valence electrons. The molecule has 31 N–H and O–H groups in total. The van der Waals surface area contributed by atoms with Gasteiger partial charge in [0.05, 0.1) is 19.1 Å². The van der Waals surface area contributed by atoms with Gasteiger partial charge in [-0.1, -0.05) is 78.9 Å². The number of carbonyl (C=O) groups excluding carboxylic acids is 19. The second-order valence-electron chi connectivity index (χ2n) is 30.3. The smallest absolute Gasteiger partial charge is 0.312 e. The molecule has 0 saturated heterocycles. The molecule has 2 heterocycles. The summed E-state index contributed by atoms with van der Waals surface area (Å²) < 4.78 is 0. The highest BCUT2D eigenvalue weighted by molar-refractivity contribution is 7.80. The van der Waals surface area contributed by atoms with E-state index >= 15 is 9.59 Å². The van der Waals surface area contributed by atoms with Gasteiger partial charge in [0.25, 0.3) is 0 Å². The van der Waals surface area contributed by atoms with Gasteiger partial charge in [-0.3, -0.25) is 86.3 Å². The summed E-state index contributed by atoms with van der Waals surface area (Å²) in [5, 5.41) is 59.6. The molecule has 0 saturated carbocycles. The van der Waals surface area contributed by atoms with Gasteiger partial charge in [0.2, 0.25) is 106 Å². The first-order chi connectivity index (χ1) is 61.4. The number of nitrogens with two attached hydrogens (primary N) is 6. The minimum atomic E-state index is -1.94. The van der Waals surface area contributed by atoms with Gasteiger partial charge in [-0.2, -0.15) is 25.3 Å². The Morgan fingerprint density at radius 3 is 1.26 bits per heavy atom. The van der Waals surface area contributed by atoms with Crippen molar-refractivity contribution >= 4 is 159 Å². The first-order valence-corrected chi connectivity index (χ1v) is 42.5. The molecule has 0 aliphatic rings. The molecule has 0 fully saturated rings. The number of aromatic amines is 2. The quantitative estimate of drug-likeness (QED) is 0.0125. The maximum absolute atomic E-state index is 15.3. The molecule has 0 bridgehead atoms. The second-order valence-corrected chi connectivity index (χ2v) is 31.1. The van der Waals surface area contributed by atoms with Crippen LogP contribution >= 0.6 is 25.3 Å². The number of amides is 20. The number of H-pyrrole nitrogens is 2. The summed E-state index contributed by atoms with van der Waals surface area (Å²) in [5.41, 5.74) is 35.7. The summed E-state index contributed by atoms with van der Waals surface area (Å²) in [5.74, 6) is -19.0. The summed E-state index contributed by atoms with van der Waals surface area (Å²) in [7, 11) is 0. The first kappa shape index (κ1) is 104. The number of para-hydroxylation sites is 2. The number of nitrogens with one attached hydrogen (secondary N) is 17. The number of phenolic OH excluding ortho intramolecular Hbond substituents is 1. The highest BCUT2D eigenvalue weighted by Gasteiger charge is 2.39. The number of aliphatic hydroxyl groups excluding tert-OH is 1. The predicted molar refractivity (Wildman–Crippen MR) is 474 cm³/mol. The summed E-state index contributed by atoms with van der Waals surface area (Å²) in [6, 6.07) is 6.30. The van der Waals surface area contributed by atoms with Crippen LogP contribution in [0.5, 0.6) is 5.75 Å². The Hall–Kier alpha value is -13.9. The van der Waals surface area contributed by atoms with Crippen molar-refractivity contribution in [1.29, 1.82) is 0 Å². The van der Waals surface area contributed by atoms with Gasteiger partial charge < -0.3 is 134 Å². The molecular weight excluding hydrogens is 1720 g/mol. The fraction of sp³-hybridized carbons (Fsp3) is 0.434. The number of urea groups is 1. The second kappa shape index (κ2) is 52.9. The molecule has 0 radical (unpaired) electrons. The van der Waals surface area contributed by atoms with E-state index in [4.69, 9.17) is 34.4 Å². The molecule has 129 heavy (non-hydrogen) atoms. The molecule has 0 unspecified atom stereocenters. The Labute approximate surface area is 751 Å². The van der Waals surface area contributed by atoms with E-state index in [1.807, 2.05) is 0 Å². The molecular formula is C83H113N23O21S2. The Morgan fingerprint density at radius 2 is 0.791 bits per heavy atom. The van der Waals surface area contributed by atoms with Gasteiger partial charge in [-0.15, -0.1) is 0 Å². The van der Waals surface area contributed by atoms with Gasteiger partial charge in [0.1, 0.15) is 78.3 Å². The summed E-state index contributed by atoms with van der Waals surface area (Å²) in [4.78, 5) is 265. The number of hydrogen-bond acceptors (Lipinski definition) is 24. The number of unbranched alkanes of at least 4 members (excludes halogenated alkanes) is 1. The minimum absolute atomic E-state index is 0.128. The lowest BCUT2D eigenvalue weighted by Gasteiger charge is -2.29. The lowest BCUT2D eigenvalue weighted by Crippen LogP contribution is -2.62. The van der Waals surface area contributed by atoms with E-state index in [-0.39, 0.29) is 75.1 Å². The maximum atomic E-state index is 15.3. The zero-order valence-electron chi connectivity index (χ0n) is 70.8. The van der Waals surface area contributed by atoms with E-state index in [2.05, 4.69) is 115 Å². The number of aliphatic hydroxyl groups is 1. The number of fused-ring (bicyclic) bond motifs is 2. The fourth-order valence-corrected chi connectivity index (χ4v) is 13.9. The maximum Gasteiger partial charge on any atom is 0.312 e. The van der Waals surface area contributed by atoms with Crippen LogP contribution in [0.3, 0.4) is 0 Å². The molecule has 4 aromatic carbocycles. The number of phenols is 1. The lowest BCUT2D eigenvalue weighted by molar-refractivity contribution is -0.137. The van der Waals surface area contributed by atoms with E-state index in [9.17, 15) is 91.7 Å². The van der Waals surface area contributed by atoms with Crippen molar-refractivity contribution in [2.45, 2.75) is 189 Å². The van der Waals surface area contributed by atoms with Crippen molar-refractivity contribution in [2.24, 2.45) is 34.4 Å². The van der Waals surface area contributed by atoms with E-state index in [0.29, 0.717) is 57.9 Å². The molecule has 0 aliphatic heterocycles. The molecule has 0 aliphatic carbocycles. The number of thiol groups is 2. The number of aromatic nitrogens is 2. The van der Waals surface area contributed by atoms with E-state index in [1.165, 1.54) is 36.7 Å². The van der Waals surface area contributed by atoms with Crippen LogP contribution < -0.4 is 114 Å². The summed E-state index contributed by atoms with van der Waals surface area (Å²) in [6.07, 6.45) is -2.62. The number of primary amides is 5. The molecule has 6 aromatic rings. The third-order valence-corrected chi connectivity index (χ3v) is 20.9. The molecule has 0 spiro atoms. The Bertz CT molecular complexity index is 4940. The Kier molecular flexibility index (Phi) is 42.6. The number of benzene rings is 4.